The van der Waals surface area contributed by atoms with Crippen LogP contribution in [0.3, 0.4) is 0 Å². The molecule has 286 valence electrons. The minimum atomic E-state index is 0.354. The number of unbranched alkanes of at least 4 members (excludes halogenated alkanes) is 7. The fourth-order valence-electron chi connectivity index (χ4n) is 11.3. The molecule has 4 heteroatoms. The highest BCUT2D eigenvalue weighted by molar-refractivity contribution is 5.25. The number of allylic oxidation sites excluding steroid dienone is 1. The van der Waals surface area contributed by atoms with Gasteiger partial charge >= 0.3 is 0 Å². The first-order valence-corrected chi connectivity index (χ1v) is 21.7. The monoisotopic (exact) mass is 686 g/mol. The number of nitrogens with zero attached hydrogens (tertiary/aromatic N) is 1. The first-order chi connectivity index (χ1) is 23.6. The molecular formula is C45H83NO3. The van der Waals surface area contributed by atoms with Crippen LogP contribution >= 0.6 is 0 Å². The van der Waals surface area contributed by atoms with Gasteiger partial charge in [0.2, 0.25) is 0 Å². The first kappa shape index (κ1) is 41.3. The summed E-state index contributed by atoms with van der Waals surface area (Å²) < 4.78 is 18.5. The molecule has 4 aliphatic rings. The third-order valence-corrected chi connectivity index (χ3v) is 14.5. The SMILES string of the molecule is CCCCCOC[C@@H](COCCCCCCCCO[C@H]1CC[C@@]2(C)C(=CC[C@H]3[C@@H]4CC[C@H]([C@H](C)CCCC(C)C)[C@@]4(C)CC[C@@H]32)C1)N(C)C. The Kier molecular flexibility index (Phi) is 17.5. The quantitative estimate of drug-likeness (QED) is 0.0747. The van der Waals surface area contributed by atoms with Gasteiger partial charge in [-0.25, -0.2) is 0 Å². The molecule has 0 saturated heterocycles. The zero-order chi connectivity index (χ0) is 35.3. The molecular weight excluding hydrogens is 602 g/mol. The van der Waals surface area contributed by atoms with Crippen LogP contribution in [0.15, 0.2) is 11.6 Å². The van der Waals surface area contributed by atoms with E-state index in [9.17, 15) is 0 Å². The fraction of sp³-hybridized carbons (Fsp3) is 0.956. The maximum Gasteiger partial charge on any atom is 0.0644 e. The molecule has 0 radical (unpaired) electrons. The van der Waals surface area contributed by atoms with E-state index < -0.39 is 0 Å². The molecule has 0 spiro atoms. The molecule has 0 aromatic rings. The van der Waals surface area contributed by atoms with Crippen LogP contribution in [0, 0.1) is 46.3 Å². The van der Waals surface area contributed by atoms with E-state index in [2.05, 4.69) is 66.6 Å². The third-order valence-electron chi connectivity index (χ3n) is 14.5. The zero-order valence-electron chi connectivity index (χ0n) is 34.0. The molecule has 0 bridgehead atoms. The van der Waals surface area contributed by atoms with Crippen molar-refractivity contribution in [1.29, 1.82) is 0 Å². The molecule has 3 fully saturated rings. The van der Waals surface area contributed by atoms with Crippen molar-refractivity contribution in [2.45, 2.75) is 182 Å². The largest absolute Gasteiger partial charge is 0.380 e. The number of rotatable bonds is 24. The van der Waals surface area contributed by atoms with Gasteiger partial charge in [0, 0.05) is 19.8 Å². The molecule has 0 amide bonds. The Morgan fingerprint density at radius 3 is 2.10 bits per heavy atom. The maximum atomic E-state index is 6.56. The van der Waals surface area contributed by atoms with Crippen LogP contribution in [-0.4, -0.2) is 64.2 Å². The lowest BCUT2D eigenvalue weighted by atomic mass is 9.47. The highest BCUT2D eigenvalue weighted by Gasteiger charge is 2.59. The number of ether oxygens (including phenoxy) is 3. The predicted molar refractivity (Wildman–Crippen MR) is 209 cm³/mol. The Morgan fingerprint density at radius 2 is 1.43 bits per heavy atom. The minimum Gasteiger partial charge on any atom is -0.380 e. The van der Waals surface area contributed by atoms with Crippen LogP contribution in [0.5, 0.6) is 0 Å². The predicted octanol–water partition coefficient (Wildman–Crippen LogP) is 11.9. The van der Waals surface area contributed by atoms with Crippen molar-refractivity contribution < 1.29 is 14.2 Å². The highest BCUT2D eigenvalue weighted by Crippen LogP contribution is 2.67. The van der Waals surface area contributed by atoms with E-state index in [0.29, 0.717) is 23.0 Å². The zero-order valence-corrected chi connectivity index (χ0v) is 34.0. The molecule has 4 nitrogen and oxygen atoms in total. The number of hydrogen-bond donors (Lipinski definition) is 0. The standard InChI is InChI=1S/C45H83NO3/c1-9-10-15-29-47-33-38(46(7)8)34-48-30-16-13-11-12-14-17-31-49-39-25-27-44(5)37(32-39)21-22-40-42-24-23-41(36(4)20-18-19-35(2)3)45(42,6)28-26-43(40)44/h21,35-36,38-43H,9-20,22-34H2,1-8H3/t36-,38+,39+,40+,41-,42+,43+,44+,45-/m1/s1. The number of hydrogen-bond acceptors (Lipinski definition) is 4. The van der Waals surface area contributed by atoms with E-state index >= 15 is 0 Å². The average molecular weight is 686 g/mol. The average Bonchev–Trinajstić information content (AvgIpc) is 3.43. The molecule has 49 heavy (non-hydrogen) atoms. The Bertz CT molecular complexity index is 948. The Labute approximate surface area is 305 Å². The van der Waals surface area contributed by atoms with Gasteiger partial charge in [-0.1, -0.05) is 111 Å². The molecule has 0 unspecified atom stereocenters. The summed E-state index contributed by atoms with van der Waals surface area (Å²) in [6.45, 7) is 19.3. The van der Waals surface area contributed by atoms with E-state index in [4.69, 9.17) is 14.2 Å². The van der Waals surface area contributed by atoms with Gasteiger partial charge in [0.25, 0.3) is 0 Å². The van der Waals surface area contributed by atoms with Gasteiger partial charge in [0.05, 0.1) is 25.4 Å². The van der Waals surface area contributed by atoms with Crippen LogP contribution in [0.2, 0.25) is 0 Å². The van der Waals surface area contributed by atoms with Crippen molar-refractivity contribution in [2.24, 2.45) is 46.3 Å². The van der Waals surface area contributed by atoms with Gasteiger partial charge in [-0.3, -0.25) is 0 Å². The van der Waals surface area contributed by atoms with Crippen LogP contribution in [0.4, 0.5) is 0 Å². The van der Waals surface area contributed by atoms with Crippen LogP contribution in [-0.2, 0) is 14.2 Å². The van der Waals surface area contributed by atoms with Crippen molar-refractivity contribution in [2.75, 3.05) is 47.1 Å². The van der Waals surface area contributed by atoms with Crippen LogP contribution in [0.1, 0.15) is 170 Å². The van der Waals surface area contributed by atoms with E-state index in [1.165, 1.54) is 128 Å². The summed E-state index contributed by atoms with van der Waals surface area (Å²) >= 11 is 0. The first-order valence-electron chi connectivity index (χ1n) is 21.7. The van der Waals surface area contributed by atoms with Gasteiger partial charge in [-0.05, 0) is 131 Å². The van der Waals surface area contributed by atoms with E-state index in [1.54, 1.807) is 5.57 Å². The van der Waals surface area contributed by atoms with Crippen molar-refractivity contribution in [3.8, 4) is 0 Å². The molecule has 3 saturated carbocycles. The Hall–Kier alpha value is -0.420. The second-order valence-corrected chi connectivity index (χ2v) is 18.6. The highest BCUT2D eigenvalue weighted by atomic mass is 16.5. The second-order valence-electron chi connectivity index (χ2n) is 18.6. The van der Waals surface area contributed by atoms with Gasteiger partial charge in [0.1, 0.15) is 0 Å². The number of likely N-dealkylation sites (N-methyl/N-ethyl adjacent to an activating group) is 1. The lowest BCUT2D eigenvalue weighted by Crippen LogP contribution is -2.51. The normalized spacial score (nSPS) is 32.5. The third kappa shape index (κ3) is 11.5. The number of fused-ring (bicyclic) bond motifs is 5. The lowest BCUT2D eigenvalue weighted by Gasteiger charge is -2.58. The smallest absolute Gasteiger partial charge is 0.0644 e. The maximum absolute atomic E-state index is 6.56. The van der Waals surface area contributed by atoms with Gasteiger partial charge in [-0.2, -0.15) is 0 Å². The van der Waals surface area contributed by atoms with Gasteiger partial charge in [0.15, 0.2) is 0 Å². The lowest BCUT2D eigenvalue weighted by molar-refractivity contribution is -0.0641. The molecule has 0 heterocycles. The van der Waals surface area contributed by atoms with Gasteiger partial charge in [-0.15, -0.1) is 0 Å². The summed E-state index contributed by atoms with van der Waals surface area (Å²) in [5.74, 6) is 5.51. The summed E-state index contributed by atoms with van der Waals surface area (Å²) in [6.07, 6.45) is 29.9. The fourth-order valence-corrected chi connectivity index (χ4v) is 11.3. The molecule has 0 N–H and O–H groups in total. The molecule has 0 aromatic carbocycles. The van der Waals surface area contributed by atoms with Crippen LogP contribution < -0.4 is 0 Å². The summed E-state index contributed by atoms with van der Waals surface area (Å²) in [5.41, 5.74) is 2.81. The molecule has 4 aliphatic carbocycles. The van der Waals surface area contributed by atoms with E-state index in [1.807, 2.05) is 0 Å². The van der Waals surface area contributed by atoms with E-state index in [-0.39, 0.29) is 0 Å². The van der Waals surface area contributed by atoms with E-state index in [0.717, 1.165) is 68.5 Å². The molecule has 4 rings (SSSR count). The van der Waals surface area contributed by atoms with Crippen molar-refractivity contribution in [3.05, 3.63) is 11.6 Å². The van der Waals surface area contributed by atoms with Crippen molar-refractivity contribution in [1.82, 2.24) is 4.90 Å². The summed E-state index contributed by atoms with van der Waals surface area (Å²) in [4.78, 5) is 2.24. The van der Waals surface area contributed by atoms with Crippen molar-refractivity contribution >= 4 is 0 Å². The second kappa shape index (κ2) is 20.7. The van der Waals surface area contributed by atoms with Gasteiger partial charge < -0.3 is 19.1 Å². The summed E-state index contributed by atoms with van der Waals surface area (Å²) in [5, 5.41) is 0. The summed E-state index contributed by atoms with van der Waals surface area (Å²) in [7, 11) is 4.26. The Morgan fingerprint density at radius 1 is 0.755 bits per heavy atom. The molecule has 0 aliphatic heterocycles. The van der Waals surface area contributed by atoms with Crippen LogP contribution in [0.25, 0.3) is 0 Å². The minimum absolute atomic E-state index is 0.354. The molecule has 9 atom stereocenters. The Balaban J connectivity index is 1.08. The topological polar surface area (TPSA) is 30.9 Å². The molecule has 0 aromatic heterocycles. The van der Waals surface area contributed by atoms with Crippen molar-refractivity contribution in [3.63, 3.8) is 0 Å². The summed E-state index contributed by atoms with van der Waals surface area (Å²) in [6, 6.07) is 0.354.